The normalized spacial score (nSPS) is 16.6. The quantitative estimate of drug-likeness (QED) is 0.293. The Morgan fingerprint density at radius 3 is 1.41 bits per heavy atom. The summed E-state index contributed by atoms with van der Waals surface area (Å²) in [5.74, 6) is 1.44. The summed E-state index contributed by atoms with van der Waals surface area (Å²) in [4.78, 5) is 8.83. The van der Waals surface area contributed by atoms with Gasteiger partial charge in [0.25, 0.3) is 0 Å². The Morgan fingerprint density at radius 2 is 1.06 bits per heavy atom. The molecule has 2 aliphatic rings. The van der Waals surface area contributed by atoms with Gasteiger partial charge in [-0.1, -0.05) is 48.5 Å². The molecule has 0 fully saturated rings. The first kappa shape index (κ1) is 20.0. The van der Waals surface area contributed by atoms with Crippen LogP contribution in [0, 0.1) is 0 Å². The first-order valence-corrected chi connectivity index (χ1v) is 11.0. The molecule has 8 nitrogen and oxygen atoms in total. The molecule has 8 heteroatoms. The summed E-state index contributed by atoms with van der Waals surface area (Å²) < 4.78 is 0. The Balaban J connectivity index is 1.54. The lowest BCUT2D eigenvalue weighted by Gasteiger charge is -2.15. The second-order valence-electron chi connectivity index (χ2n) is 7.68. The summed E-state index contributed by atoms with van der Waals surface area (Å²) in [5, 5.41) is 19.9. The number of aliphatic imine (C=N–C) groups is 2. The molecule has 2 heterocycles. The highest BCUT2D eigenvalue weighted by Crippen LogP contribution is 2.31. The number of guanidine groups is 2. The number of hydrogen-bond acceptors (Lipinski definition) is 8. The van der Waals surface area contributed by atoms with Crippen molar-refractivity contribution in [3.05, 3.63) is 59.7 Å². The molecule has 0 atom stereocenters. The van der Waals surface area contributed by atoms with E-state index < -0.39 is 0 Å². The fourth-order valence-electron chi connectivity index (χ4n) is 4.00. The number of hydrogen-bond donors (Lipinski definition) is 4. The minimum atomic E-state index is 0.718. The average molecular weight is 427 g/mol. The summed E-state index contributed by atoms with van der Waals surface area (Å²) in [5.41, 5.74) is 8.19. The molecule has 0 aliphatic carbocycles. The van der Waals surface area contributed by atoms with Crippen LogP contribution in [-0.2, 0) is 0 Å². The van der Waals surface area contributed by atoms with Gasteiger partial charge in [0.05, 0.1) is 12.4 Å². The molecule has 2 aliphatic heterocycles. The van der Waals surface area contributed by atoms with Gasteiger partial charge in [0, 0.05) is 37.3 Å². The van der Waals surface area contributed by atoms with Crippen LogP contribution in [-0.4, -0.2) is 50.5 Å². The number of fused-ring (bicyclic) bond motifs is 2. The maximum atomic E-state index is 4.48. The van der Waals surface area contributed by atoms with E-state index >= 15 is 0 Å². The highest BCUT2D eigenvalue weighted by Gasteiger charge is 2.12. The molecule has 0 saturated carbocycles. The zero-order valence-electron chi connectivity index (χ0n) is 17.8. The molecule has 0 aromatic heterocycles. The maximum absolute atomic E-state index is 4.48. The highest BCUT2D eigenvalue weighted by molar-refractivity contribution is 6.21. The lowest BCUT2D eigenvalue weighted by atomic mass is 9.92. The second-order valence-corrected chi connectivity index (χ2v) is 7.68. The summed E-state index contributed by atoms with van der Waals surface area (Å²) in [6, 6.07) is 16.7. The monoisotopic (exact) mass is 426 g/mol. The summed E-state index contributed by atoms with van der Waals surface area (Å²) in [6.07, 6.45) is 5.85. The summed E-state index contributed by atoms with van der Waals surface area (Å²) in [7, 11) is 0. The van der Waals surface area contributed by atoms with Crippen LogP contribution in [0.25, 0.3) is 21.5 Å². The van der Waals surface area contributed by atoms with E-state index in [2.05, 4.69) is 90.2 Å². The first-order chi connectivity index (χ1) is 15.9. The molecule has 4 N–H and O–H groups in total. The molecule has 3 aromatic rings. The molecule has 162 valence electrons. The van der Waals surface area contributed by atoms with Crippen molar-refractivity contribution in [3.8, 4) is 0 Å². The molecule has 0 spiro atoms. The third kappa shape index (κ3) is 4.25. The molecule has 0 bridgehead atoms. The highest BCUT2D eigenvalue weighted by atomic mass is 15.4. The summed E-state index contributed by atoms with van der Waals surface area (Å²) >= 11 is 0. The largest absolute Gasteiger partial charge is 0.355 e. The maximum Gasteiger partial charge on any atom is 0.212 e. The predicted octanol–water partition coefficient (Wildman–Crippen LogP) is 2.54. The molecule has 0 radical (unpaired) electrons. The van der Waals surface area contributed by atoms with Crippen molar-refractivity contribution in [2.45, 2.75) is 12.8 Å². The molecule has 0 unspecified atom stereocenters. The van der Waals surface area contributed by atoms with Crippen molar-refractivity contribution in [1.82, 2.24) is 21.5 Å². The van der Waals surface area contributed by atoms with Crippen molar-refractivity contribution in [2.75, 3.05) is 26.2 Å². The number of nitrogens with zero attached hydrogens (tertiary/aromatic N) is 4. The van der Waals surface area contributed by atoms with Crippen LogP contribution in [0.5, 0.6) is 0 Å². The molecule has 0 amide bonds. The van der Waals surface area contributed by atoms with Crippen LogP contribution in [0.1, 0.15) is 24.0 Å². The fourth-order valence-corrected chi connectivity index (χ4v) is 4.00. The van der Waals surface area contributed by atoms with Crippen molar-refractivity contribution in [3.63, 3.8) is 0 Å². The van der Waals surface area contributed by atoms with Gasteiger partial charge in [-0.15, -0.1) is 0 Å². The Hall–Kier alpha value is -3.94. The fraction of sp³-hybridized carbons (Fsp3) is 0.250. The smallest absolute Gasteiger partial charge is 0.212 e. The zero-order valence-corrected chi connectivity index (χ0v) is 17.8. The predicted molar refractivity (Wildman–Crippen MR) is 133 cm³/mol. The molecule has 3 aromatic carbocycles. The average Bonchev–Trinajstić information content (AvgIpc) is 2.86. The SMILES string of the molecule is C(=NNC1=NCCCN1)c1c2ccccc2c(C=NNC2=NCCCN2)c2ccccc12. The topological polar surface area (TPSA) is 97.6 Å². The number of rotatable bonds is 4. The van der Waals surface area contributed by atoms with E-state index in [9.17, 15) is 0 Å². The standard InChI is InChI=1S/C24H26N8/c1-2-8-18-17(7-1)21(15-29-31-23-25-11-5-12-26-23)19-9-3-4-10-20(19)22(18)16-30-32-24-27-13-6-14-28-24/h1-4,7-10,15-16H,5-6,11-14H2,(H2,25,26,31)(H2,27,28,32). The minimum absolute atomic E-state index is 0.718. The lowest BCUT2D eigenvalue weighted by molar-refractivity contribution is 0.712. The van der Waals surface area contributed by atoms with Crippen molar-refractivity contribution in [2.24, 2.45) is 20.2 Å². The van der Waals surface area contributed by atoms with Gasteiger partial charge in [0.15, 0.2) is 0 Å². The van der Waals surface area contributed by atoms with E-state index in [4.69, 9.17) is 0 Å². The lowest BCUT2D eigenvalue weighted by Crippen LogP contribution is -2.38. The van der Waals surface area contributed by atoms with Crippen LogP contribution >= 0.6 is 0 Å². The molecule has 5 rings (SSSR count). The number of nitrogens with one attached hydrogen (secondary N) is 4. The summed E-state index contributed by atoms with van der Waals surface area (Å²) in [6.45, 7) is 3.47. The first-order valence-electron chi connectivity index (χ1n) is 11.0. The van der Waals surface area contributed by atoms with Gasteiger partial charge in [-0.05, 0) is 34.4 Å². The van der Waals surface area contributed by atoms with Gasteiger partial charge in [0.1, 0.15) is 0 Å². The van der Waals surface area contributed by atoms with Gasteiger partial charge in [-0.2, -0.15) is 10.2 Å². The van der Waals surface area contributed by atoms with Crippen LogP contribution in [0.4, 0.5) is 0 Å². The van der Waals surface area contributed by atoms with E-state index in [1.165, 1.54) is 0 Å². The Bertz CT molecular complexity index is 1090. The third-order valence-corrected chi connectivity index (χ3v) is 5.54. The third-order valence-electron chi connectivity index (χ3n) is 5.54. The van der Waals surface area contributed by atoms with Crippen molar-refractivity contribution in [1.29, 1.82) is 0 Å². The molecular formula is C24H26N8. The number of benzene rings is 3. The Kier molecular flexibility index (Phi) is 5.91. The number of hydrazone groups is 2. The second kappa shape index (κ2) is 9.47. The van der Waals surface area contributed by atoms with Gasteiger partial charge in [-0.3, -0.25) is 9.98 Å². The van der Waals surface area contributed by atoms with Crippen LogP contribution in [0.3, 0.4) is 0 Å². The van der Waals surface area contributed by atoms with E-state index in [0.29, 0.717) is 0 Å². The van der Waals surface area contributed by atoms with Gasteiger partial charge in [0.2, 0.25) is 11.9 Å². The zero-order chi connectivity index (χ0) is 21.6. The molecular weight excluding hydrogens is 400 g/mol. The molecule has 32 heavy (non-hydrogen) atoms. The van der Waals surface area contributed by atoms with E-state index in [0.717, 1.165) is 83.6 Å². The van der Waals surface area contributed by atoms with E-state index in [1.54, 1.807) is 0 Å². The van der Waals surface area contributed by atoms with E-state index in [1.807, 2.05) is 12.4 Å². The van der Waals surface area contributed by atoms with Gasteiger partial charge in [-0.25, -0.2) is 10.9 Å². The van der Waals surface area contributed by atoms with Crippen molar-refractivity contribution < 1.29 is 0 Å². The van der Waals surface area contributed by atoms with Gasteiger partial charge < -0.3 is 10.6 Å². The van der Waals surface area contributed by atoms with Crippen LogP contribution < -0.4 is 21.5 Å². The molecule has 0 saturated heterocycles. The van der Waals surface area contributed by atoms with Crippen LogP contribution in [0.2, 0.25) is 0 Å². The van der Waals surface area contributed by atoms with E-state index in [-0.39, 0.29) is 0 Å². The van der Waals surface area contributed by atoms with Crippen molar-refractivity contribution >= 4 is 45.9 Å². The van der Waals surface area contributed by atoms with Crippen LogP contribution in [0.15, 0.2) is 68.7 Å². The Morgan fingerprint density at radius 1 is 0.656 bits per heavy atom. The van der Waals surface area contributed by atoms with Gasteiger partial charge >= 0.3 is 0 Å². The Labute approximate surface area is 186 Å². The minimum Gasteiger partial charge on any atom is -0.355 e.